The van der Waals surface area contributed by atoms with Gasteiger partial charge in [0.05, 0.1) is 13.2 Å². The van der Waals surface area contributed by atoms with E-state index in [4.69, 9.17) is 10.5 Å². The molecule has 2 rings (SSSR count). The van der Waals surface area contributed by atoms with Crippen molar-refractivity contribution in [3.63, 3.8) is 0 Å². The molecule has 1 aromatic carbocycles. The Kier molecular flexibility index (Phi) is 3.02. The molecule has 0 saturated carbocycles. The van der Waals surface area contributed by atoms with E-state index in [0.717, 1.165) is 17.7 Å². The average molecular weight is 205 g/mol. The van der Waals surface area contributed by atoms with Gasteiger partial charge in [-0.25, -0.2) is 0 Å². The van der Waals surface area contributed by atoms with E-state index in [2.05, 4.69) is 0 Å². The van der Waals surface area contributed by atoms with Crippen molar-refractivity contribution in [1.82, 2.24) is 0 Å². The number of ketones is 1. The van der Waals surface area contributed by atoms with E-state index in [1.165, 1.54) is 0 Å². The number of benzene rings is 1. The molecule has 15 heavy (non-hydrogen) atoms. The predicted octanol–water partition coefficient (Wildman–Crippen LogP) is 1.47. The Morgan fingerprint density at radius 2 is 2.27 bits per heavy atom. The van der Waals surface area contributed by atoms with Crippen molar-refractivity contribution < 1.29 is 9.53 Å². The summed E-state index contributed by atoms with van der Waals surface area (Å²) < 4.78 is 5.53. The maximum Gasteiger partial charge on any atom is 0.147 e. The van der Waals surface area contributed by atoms with Gasteiger partial charge in [0.15, 0.2) is 0 Å². The second kappa shape index (κ2) is 4.45. The lowest BCUT2D eigenvalue weighted by atomic mass is 9.89. The van der Waals surface area contributed by atoms with Gasteiger partial charge in [-0.3, -0.25) is 4.79 Å². The number of carbonyl (C=O) groups is 1. The van der Waals surface area contributed by atoms with Crippen LogP contribution in [0.4, 0.5) is 0 Å². The number of para-hydroxylation sites is 1. The molecule has 1 heterocycles. The fourth-order valence-electron chi connectivity index (χ4n) is 1.99. The Morgan fingerprint density at radius 3 is 3.07 bits per heavy atom. The third-order valence-corrected chi connectivity index (χ3v) is 2.78. The molecule has 0 aromatic heterocycles. The Labute approximate surface area is 89.2 Å². The van der Waals surface area contributed by atoms with Gasteiger partial charge in [-0.2, -0.15) is 0 Å². The normalized spacial score (nSPS) is 19.1. The number of rotatable bonds is 3. The summed E-state index contributed by atoms with van der Waals surface area (Å²) in [6.07, 6.45) is 1.44. The van der Waals surface area contributed by atoms with Gasteiger partial charge >= 0.3 is 0 Å². The quantitative estimate of drug-likeness (QED) is 0.813. The van der Waals surface area contributed by atoms with Crippen LogP contribution in [-0.2, 0) is 4.79 Å². The predicted molar refractivity (Wildman–Crippen MR) is 58.0 cm³/mol. The minimum absolute atomic E-state index is 0.122. The highest BCUT2D eigenvalue weighted by molar-refractivity contribution is 5.81. The largest absolute Gasteiger partial charge is 0.493 e. The molecule has 1 aliphatic rings. The first kappa shape index (κ1) is 10.2. The summed E-state index contributed by atoms with van der Waals surface area (Å²) in [6, 6.07) is 7.91. The van der Waals surface area contributed by atoms with Crippen molar-refractivity contribution in [3.05, 3.63) is 29.8 Å². The Bertz CT molecular complexity index is 362. The highest BCUT2D eigenvalue weighted by Crippen LogP contribution is 2.35. The monoisotopic (exact) mass is 205 g/mol. The number of fused-ring (bicyclic) bond motifs is 1. The number of ether oxygens (including phenoxy) is 1. The van der Waals surface area contributed by atoms with Crippen LogP contribution in [0.15, 0.2) is 24.3 Å². The zero-order chi connectivity index (χ0) is 10.7. The number of hydrogen-bond donors (Lipinski definition) is 1. The zero-order valence-electron chi connectivity index (χ0n) is 8.61. The summed E-state index contributed by atoms with van der Waals surface area (Å²) >= 11 is 0. The maximum atomic E-state index is 11.3. The third-order valence-electron chi connectivity index (χ3n) is 2.78. The van der Waals surface area contributed by atoms with Gasteiger partial charge in [-0.15, -0.1) is 0 Å². The summed E-state index contributed by atoms with van der Waals surface area (Å²) in [5.74, 6) is 1.32. The van der Waals surface area contributed by atoms with E-state index in [0.29, 0.717) is 13.0 Å². The minimum Gasteiger partial charge on any atom is -0.493 e. The van der Waals surface area contributed by atoms with Crippen LogP contribution in [0.25, 0.3) is 0 Å². The Hall–Kier alpha value is -1.35. The topological polar surface area (TPSA) is 52.3 Å². The van der Waals surface area contributed by atoms with E-state index in [9.17, 15) is 4.79 Å². The molecule has 0 amide bonds. The SMILES string of the molecule is NCC(=O)CC1CCOc2ccccc21. The minimum atomic E-state index is 0.122. The molecule has 2 N–H and O–H groups in total. The molecule has 80 valence electrons. The van der Waals surface area contributed by atoms with Gasteiger partial charge in [-0.05, 0) is 24.0 Å². The molecule has 3 heteroatoms. The molecule has 1 aromatic rings. The zero-order valence-corrected chi connectivity index (χ0v) is 8.61. The summed E-state index contributed by atoms with van der Waals surface area (Å²) in [4.78, 5) is 11.3. The van der Waals surface area contributed by atoms with Gasteiger partial charge in [0.1, 0.15) is 11.5 Å². The summed E-state index contributed by atoms with van der Waals surface area (Å²) in [6.45, 7) is 0.832. The number of carbonyl (C=O) groups excluding carboxylic acids is 1. The molecule has 0 aliphatic carbocycles. The number of hydrogen-bond acceptors (Lipinski definition) is 3. The van der Waals surface area contributed by atoms with E-state index < -0.39 is 0 Å². The molecule has 0 fully saturated rings. The average Bonchev–Trinajstić information content (AvgIpc) is 2.29. The molecular weight excluding hydrogens is 190 g/mol. The Balaban J connectivity index is 2.18. The summed E-state index contributed by atoms with van der Waals surface area (Å²) in [5.41, 5.74) is 6.47. The fourth-order valence-corrected chi connectivity index (χ4v) is 1.99. The second-order valence-corrected chi connectivity index (χ2v) is 3.82. The first-order chi connectivity index (χ1) is 7.31. The number of Topliss-reactive ketones (excluding diaryl/α,β-unsaturated/α-hetero) is 1. The van der Waals surface area contributed by atoms with Gasteiger partial charge < -0.3 is 10.5 Å². The van der Waals surface area contributed by atoms with Gasteiger partial charge in [-0.1, -0.05) is 18.2 Å². The fraction of sp³-hybridized carbons (Fsp3) is 0.417. The molecule has 1 atom stereocenters. The lowest BCUT2D eigenvalue weighted by Gasteiger charge is -2.25. The Morgan fingerprint density at radius 1 is 1.47 bits per heavy atom. The molecule has 0 spiro atoms. The second-order valence-electron chi connectivity index (χ2n) is 3.82. The lowest BCUT2D eigenvalue weighted by molar-refractivity contribution is -0.118. The van der Waals surface area contributed by atoms with Crippen LogP contribution in [0.1, 0.15) is 24.3 Å². The van der Waals surface area contributed by atoms with Crippen LogP contribution in [0.5, 0.6) is 5.75 Å². The highest BCUT2D eigenvalue weighted by atomic mass is 16.5. The lowest BCUT2D eigenvalue weighted by Crippen LogP contribution is -2.21. The van der Waals surface area contributed by atoms with E-state index in [1.54, 1.807) is 0 Å². The third kappa shape index (κ3) is 2.18. The van der Waals surface area contributed by atoms with Crippen LogP contribution in [-0.4, -0.2) is 18.9 Å². The van der Waals surface area contributed by atoms with Gasteiger partial charge in [0, 0.05) is 6.42 Å². The molecule has 3 nitrogen and oxygen atoms in total. The van der Waals surface area contributed by atoms with Crippen LogP contribution < -0.4 is 10.5 Å². The molecule has 1 unspecified atom stereocenters. The summed E-state index contributed by atoms with van der Waals surface area (Å²) in [5, 5.41) is 0. The molecule has 0 radical (unpaired) electrons. The van der Waals surface area contributed by atoms with E-state index in [1.807, 2.05) is 24.3 Å². The summed E-state index contributed by atoms with van der Waals surface area (Å²) in [7, 11) is 0. The standard InChI is InChI=1S/C12H15NO2/c13-8-10(14)7-9-5-6-15-12-4-2-1-3-11(9)12/h1-4,9H,5-8,13H2. The smallest absolute Gasteiger partial charge is 0.147 e. The maximum absolute atomic E-state index is 11.3. The van der Waals surface area contributed by atoms with Crippen molar-refractivity contribution in [2.75, 3.05) is 13.2 Å². The van der Waals surface area contributed by atoms with Crippen LogP contribution in [0.2, 0.25) is 0 Å². The van der Waals surface area contributed by atoms with Crippen LogP contribution in [0, 0.1) is 0 Å². The van der Waals surface area contributed by atoms with Crippen molar-refractivity contribution in [3.8, 4) is 5.75 Å². The van der Waals surface area contributed by atoms with Crippen molar-refractivity contribution in [1.29, 1.82) is 0 Å². The molecule has 1 aliphatic heterocycles. The van der Waals surface area contributed by atoms with Crippen molar-refractivity contribution in [2.45, 2.75) is 18.8 Å². The van der Waals surface area contributed by atoms with Gasteiger partial charge in [0.2, 0.25) is 0 Å². The first-order valence-electron chi connectivity index (χ1n) is 5.24. The van der Waals surface area contributed by atoms with Crippen LogP contribution in [0.3, 0.4) is 0 Å². The first-order valence-corrected chi connectivity index (χ1v) is 5.24. The van der Waals surface area contributed by atoms with Crippen molar-refractivity contribution in [2.24, 2.45) is 5.73 Å². The molecular formula is C12H15NO2. The highest BCUT2D eigenvalue weighted by Gasteiger charge is 2.22. The van der Waals surface area contributed by atoms with Crippen LogP contribution >= 0.6 is 0 Å². The van der Waals surface area contributed by atoms with E-state index in [-0.39, 0.29) is 18.2 Å². The van der Waals surface area contributed by atoms with Crippen molar-refractivity contribution >= 4 is 5.78 Å². The van der Waals surface area contributed by atoms with Gasteiger partial charge in [0.25, 0.3) is 0 Å². The molecule has 0 bridgehead atoms. The van der Waals surface area contributed by atoms with E-state index >= 15 is 0 Å². The number of nitrogens with two attached hydrogens (primary N) is 1. The molecule has 0 saturated heterocycles.